The van der Waals surface area contributed by atoms with E-state index < -0.39 is 19.2 Å². The fourth-order valence-corrected chi connectivity index (χ4v) is 15.4. The first-order valence-corrected chi connectivity index (χ1v) is 16.7. The predicted octanol–water partition coefficient (Wildman–Crippen LogP) is 7.22. The third-order valence-electron chi connectivity index (χ3n) is 4.78. The molecule has 0 saturated heterocycles. The number of hydrogen-bond acceptors (Lipinski definition) is 2. The number of unbranched alkanes of at least 4 members (excludes halogenated alkanes) is 4. The molecular weight excluding hydrogens is 391 g/mol. The molecule has 0 aliphatic carbocycles. The van der Waals surface area contributed by atoms with E-state index in [2.05, 4.69) is 41.5 Å². The Labute approximate surface area is 152 Å². The van der Waals surface area contributed by atoms with Crippen LogP contribution in [0.3, 0.4) is 0 Å². The summed E-state index contributed by atoms with van der Waals surface area (Å²) >= 11 is -2.95. The molecule has 0 aromatic carbocycles. The molecule has 0 radical (unpaired) electrons. The summed E-state index contributed by atoms with van der Waals surface area (Å²) in [5.74, 6) is 0. The summed E-state index contributed by atoms with van der Waals surface area (Å²) in [5, 5.41) is 0. The maximum absolute atomic E-state index is 7.06. The standard InChI is InChI=1S/C10H21O.2C4H9.C2H5O.Sn/c1-4-6-8-10(3,11)9-7-5-2;2*1-3-4-2;1-2-3;/h4-9H2,1-3H3;2*1,3-4H2,2H3;2H2,1H3;/q-1;;;-1;+2. The second-order valence-corrected chi connectivity index (χ2v) is 16.8. The average molecular weight is 435 g/mol. The van der Waals surface area contributed by atoms with Crippen molar-refractivity contribution in [2.45, 2.75) is 120 Å². The van der Waals surface area contributed by atoms with Crippen molar-refractivity contribution in [2.75, 3.05) is 6.61 Å². The van der Waals surface area contributed by atoms with Crippen LogP contribution in [0.2, 0.25) is 8.87 Å². The summed E-state index contributed by atoms with van der Waals surface area (Å²) in [5.41, 5.74) is 0.0543. The van der Waals surface area contributed by atoms with Gasteiger partial charge in [0.05, 0.1) is 0 Å². The van der Waals surface area contributed by atoms with Gasteiger partial charge in [0.2, 0.25) is 0 Å². The quantitative estimate of drug-likeness (QED) is 0.238. The van der Waals surface area contributed by atoms with Crippen LogP contribution in [-0.2, 0) is 6.15 Å². The second-order valence-electron chi connectivity index (χ2n) is 7.31. The molecule has 0 heterocycles. The van der Waals surface area contributed by atoms with Gasteiger partial charge in [-0.05, 0) is 0 Å². The SMILES string of the molecule is CCCCC(C)(CCCC)[O][Sn]([CH2]CCC)([CH2]CCC)[O]CC. The van der Waals surface area contributed by atoms with Gasteiger partial charge < -0.3 is 0 Å². The van der Waals surface area contributed by atoms with Crippen molar-refractivity contribution < 1.29 is 6.15 Å². The Morgan fingerprint density at radius 2 is 1.13 bits per heavy atom. The molecule has 0 aromatic rings. The van der Waals surface area contributed by atoms with E-state index in [4.69, 9.17) is 6.15 Å². The van der Waals surface area contributed by atoms with Crippen molar-refractivity contribution in [3.05, 3.63) is 0 Å². The van der Waals surface area contributed by atoms with E-state index in [9.17, 15) is 0 Å². The van der Waals surface area contributed by atoms with Crippen molar-refractivity contribution >= 4 is 19.2 Å². The Morgan fingerprint density at radius 1 is 0.696 bits per heavy atom. The van der Waals surface area contributed by atoms with E-state index in [0.717, 1.165) is 6.61 Å². The van der Waals surface area contributed by atoms with Gasteiger partial charge in [-0.3, -0.25) is 0 Å². The molecule has 140 valence electrons. The van der Waals surface area contributed by atoms with Gasteiger partial charge in [0, 0.05) is 0 Å². The molecule has 0 unspecified atom stereocenters. The van der Waals surface area contributed by atoms with Crippen LogP contribution in [0.15, 0.2) is 0 Å². The minimum absolute atomic E-state index is 0.0543. The number of hydrogen-bond donors (Lipinski definition) is 0. The van der Waals surface area contributed by atoms with Gasteiger partial charge in [-0.25, -0.2) is 0 Å². The summed E-state index contributed by atoms with van der Waals surface area (Å²) in [4.78, 5) is 0. The van der Waals surface area contributed by atoms with Crippen LogP contribution in [0.4, 0.5) is 0 Å². The molecule has 0 N–H and O–H groups in total. The Balaban J connectivity index is 5.17. The molecule has 0 atom stereocenters. The molecule has 0 rings (SSSR count). The molecule has 23 heavy (non-hydrogen) atoms. The molecule has 0 bridgehead atoms. The zero-order chi connectivity index (χ0) is 17.6. The van der Waals surface area contributed by atoms with Crippen molar-refractivity contribution in [1.82, 2.24) is 0 Å². The Hall–Kier alpha value is 0.719. The van der Waals surface area contributed by atoms with Crippen molar-refractivity contribution in [1.29, 1.82) is 0 Å². The van der Waals surface area contributed by atoms with Gasteiger partial charge in [0.1, 0.15) is 0 Å². The summed E-state index contributed by atoms with van der Waals surface area (Å²) in [6.07, 6.45) is 12.5. The normalized spacial score (nSPS) is 12.8. The van der Waals surface area contributed by atoms with Crippen LogP contribution in [0, 0.1) is 0 Å². The zero-order valence-corrected chi connectivity index (χ0v) is 19.9. The molecule has 0 saturated carbocycles. The van der Waals surface area contributed by atoms with Crippen molar-refractivity contribution in [2.24, 2.45) is 0 Å². The average Bonchev–Trinajstić information content (AvgIpc) is 2.55. The Bertz CT molecular complexity index is 252. The van der Waals surface area contributed by atoms with Gasteiger partial charge in [-0.1, -0.05) is 0 Å². The van der Waals surface area contributed by atoms with E-state index >= 15 is 0 Å². The fraction of sp³-hybridized carbons (Fsp3) is 1.00. The second kappa shape index (κ2) is 13.9. The van der Waals surface area contributed by atoms with Crippen LogP contribution in [0.25, 0.3) is 0 Å². The van der Waals surface area contributed by atoms with E-state index in [1.54, 1.807) is 0 Å². The fourth-order valence-electron chi connectivity index (χ4n) is 3.33. The first kappa shape index (κ1) is 23.7. The van der Waals surface area contributed by atoms with E-state index in [-0.39, 0.29) is 5.60 Å². The van der Waals surface area contributed by atoms with Gasteiger partial charge in [0.25, 0.3) is 0 Å². The number of rotatable bonds is 16. The first-order valence-electron chi connectivity index (χ1n) is 10.4. The van der Waals surface area contributed by atoms with Crippen LogP contribution < -0.4 is 0 Å². The van der Waals surface area contributed by atoms with Crippen LogP contribution in [0.5, 0.6) is 0 Å². The molecule has 0 fully saturated rings. The minimum atomic E-state index is -2.95. The first-order chi connectivity index (χ1) is 11.0. The molecule has 0 aliphatic heterocycles. The molecular formula is C20H44O2Sn. The van der Waals surface area contributed by atoms with Crippen LogP contribution in [-0.4, -0.2) is 31.4 Å². The maximum atomic E-state index is 7.06. The van der Waals surface area contributed by atoms with Crippen molar-refractivity contribution in [3.8, 4) is 0 Å². The summed E-state index contributed by atoms with van der Waals surface area (Å²) < 4.78 is 16.0. The van der Waals surface area contributed by atoms with E-state index in [0.29, 0.717) is 0 Å². The van der Waals surface area contributed by atoms with E-state index in [1.165, 1.54) is 73.1 Å². The third kappa shape index (κ3) is 10.3. The van der Waals surface area contributed by atoms with Crippen molar-refractivity contribution in [3.63, 3.8) is 0 Å². The molecule has 0 aliphatic rings. The molecule has 0 spiro atoms. The molecule has 3 heteroatoms. The summed E-state index contributed by atoms with van der Waals surface area (Å²) in [7, 11) is 0. The summed E-state index contributed by atoms with van der Waals surface area (Å²) in [6.45, 7) is 14.5. The van der Waals surface area contributed by atoms with Gasteiger partial charge in [0.15, 0.2) is 0 Å². The molecule has 0 amide bonds. The van der Waals surface area contributed by atoms with Gasteiger partial charge >= 0.3 is 152 Å². The summed E-state index contributed by atoms with van der Waals surface area (Å²) in [6, 6.07) is 0. The third-order valence-corrected chi connectivity index (χ3v) is 15.9. The van der Waals surface area contributed by atoms with Gasteiger partial charge in [-0.2, -0.15) is 0 Å². The van der Waals surface area contributed by atoms with Gasteiger partial charge in [-0.15, -0.1) is 0 Å². The zero-order valence-electron chi connectivity index (χ0n) is 17.0. The van der Waals surface area contributed by atoms with E-state index in [1.807, 2.05) is 0 Å². The molecule has 2 nitrogen and oxygen atoms in total. The van der Waals surface area contributed by atoms with Crippen LogP contribution in [0.1, 0.15) is 106 Å². The Kier molecular flexibility index (Phi) is 14.4. The van der Waals surface area contributed by atoms with Crippen LogP contribution >= 0.6 is 0 Å². The Morgan fingerprint density at radius 3 is 1.48 bits per heavy atom. The topological polar surface area (TPSA) is 18.5 Å². The monoisotopic (exact) mass is 436 g/mol. The predicted molar refractivity (Wildman–Crippen MR) is 105 cm³/mol. The molecule has 0 aromatic heterocycles.